The van der Waals surface area contributed by atoms with Gasteiger partial charge >= 0.3 is 0 Å². The Morgan fingerprint density at radius 2 is 1.53 bits per heavy atom. The Morgan fingerprint density at radius 1 is 1.06 bits per heavy atom. The molecule has 0 saturated heterocycles. The van der Waals surface area contributed by atoms with E-state index in [1.807, 2.05) is 13.8 Å². The van der Waals surface area contributed by atoms with Gasteiger partial charge in [0.2, 0.25) is 11.8 Å². The first kappa shape index (κ1) is 13.2. The molecular formula is C13H18N2O2. The molecule has 2 amide bonds. The van der Waals surface area contributed by atoms with Crippen molar-refractivity contribution in [3.05, 3.63) is 24.3 Å². The lowest BCUT2D eigenvalue weighted by Gasteiger charge is -2.08. The van der Waals surface area contributed by atoms with Crippen LogP contribution in [-0.4, -0.2) is 11.8 Å². The van der Waals surface area contributed by atoms with E-state index in [-0.39, 0.29) is 17.7 Å². The molecule has 0 atom stereocenters. The summed E-state index contributed by atoms with van der Waals surface area (Å²) in [5, 5.41) is 5.53. The van der Waals surface area contributed by atoms with E-state index in [2.05, 4.69) is 10.6 Å². The molecule has 1 rings (SSSR count). The van der Waals surface area contributed by atoms with Crippen LogP contribution in [0.2, 0.25) is 0 Å². The molecule has 0 heterocycles. The topological polar surface area (TPSA) is 58.2 Å². The highest BCUT2D eigenvalue weighted by atomic mass is 16.2. The van der Waals surface area contributed by atoms with Crippen molar-refractivity contribution < 1.29 is 9.59 Å². The van der Waals surface area contributed by atoms with Gasteiger partial charge in [0.25, 0.3) is 0 Å². The number of anilines is 2. The fourth-order valence-electron chi connectivity index (χ4n) is 1.17. The van der Waals surface area contributed by atoms with Gasteiger partial charge in [0.1, 0.15) is 0 Å². The number of carbonyl (C=O) groups is 2. The SMILES string of the molecule is CCC(=O)Nc1ccc(NC(=O)C(C)C)cc1. The molecule has 0 fully saturated rings. The van der Waals surface area contributed by atoms with Crippen molar-refractivity contribution in [3.8, 4) is 0 Å². The minimum absolute atomic E-state index is 0.0182. The number of hydrogen-bond acceptors (Lipinski definition) is 2. The van der Waals surface area contributed by atoms with Crippen LogP contribution in [0.5, 0.6) is 0 Å². The molecule has 0 aliphatic rings. The lowest BCUT2D eigenvalue weighted by Crippen LogP contribution is -2.17. The molecule has 2 N–H and O–H groups in total. The molecule has 0 aliphatic heterocycles. The van der Waals surface area contributed by atoms with Gasteiger partial charge in [-0.2, -0.15) is 0 Å². The first-order valence-corrected chi connectivity index (χ1v) is 5.73. The number of carbonyl (C=O) groups excluding carboxylic acids is 2. The normalized spacial score (nSPS) is 10.1. The lowest BCUT2D eigenvalue weighted by molar-refractivity contribution is -0.119. The summed E-state index contributed by atoms with van der Waals surface area (Å²) in [5.74, 6) is -0.0891. The van der Waals surface area contributed by atoms with Crippen LogP contribution in [0.4, 0.5) is 11.4 Å². The molecule has 4 heteroatoms. The molecule has 17 heavy (non-hydrogen) atoms. The average molecular weight is 234 g/mol. The first-order valence-electron chi connectivity index (χ1n) is 5.73. The quantitative estimate of drug-likeness (QED) is 0.841. The number of benzene rings is 1. The summed E-state index contributed by atoms with van der Waals surface area (Å²) >= 11 is 0. The molecule has 0 spiro atoms. The van der Waals surface area contributed by atoms with Crippen molar-refractivity contribution in [3.63, 3.8) is 0 Å². The third-order valence-electron chi connectivity index (χ3n) is 2.28. The summed E-state index contributed by atoms with van der Waals surface area (Å²) in [5.41, 5.74) is 1.47. The monoisotopic (exact) mass is 234 g/mol. The van der Waals surface area contributed by atoms with Crippen LogP contribution >= 0.6 is 0 Å². The molecule has 0 saturated carbocycles. The number of nitrogens with one attached hydrogen (secondary N) is 2. The Kier molecular flexibility index (Phi) is 4.69. The molecule has 0 aromatic heterocycles. The number of amides is 2. The van der Waals surface area contributed by atoms with E-state index >= 15 is 0 Å². The van der Waals surface area contributed by atoms with Crippen molar-refractivity contribution in [1.82, 2.24) is 0 Å². The summed E-state index contributed by atoms with van der Waals surface area (Å²) in [4.78, 5) is 22.6. The fourth-order valence-corrected chi connectivity index (χ4v) is 1.17. The van der Waals surface area contributed by atoms with Crippen molar-refractivity contribution in [2.45, 2.75) is 27.2 Å². The Labute approximate surface area is 101 Å². The summed E-state index contributed by atoms with van der Waals surface area (Å²) in [6.07, 6.45) is 0.450. The lowest BCUT2D eigenvalue weighted by atomic mass is 10.2. The van der Waals surface area contributed by atoms with Crippen LogP contribution in [0.3, 0.4) is 0 Å². The largest absolute Gasteiger partial charge is 0.326 e. The number of hydrogen-bond donors (Lipinski definition) is 2. The van der Waals surface area contributed by atoms with Crippen LogP contribution in [0, 0.1) is 5.92 Å². The summed E-state index contributed by atoms with van der Waals surface area (Å²) < 4.78 is 0. The standard InChI is InChI=1S/C13H18N2O2/c1-4-12(16)14-10-5-7-11(8-6-10)15-13(17)9(2)3/h5-9H,4H2,1-3H3,(H,14,16)(H,15,17). The van der Waals surface area contributed by atoms with Gasteiger partial charge in [-0.05, 0) is 24.3 Å². The Hall–Kier alpha value is -1.84. The van der Waals surface area contributed by atoms with E-state index in [0.29, 0.717) is 6.42 Å². The number of rotatable bonds is 4. The molecule has 0 bridgehead atoms. The van der Waals surface area contributed by atoms with Crippen LogP contribution in [0.1, 0.15) is 27.2 Å². The molecule has 0 radical (unpaired) electrons. The van der Waals surface area contributed by atoms with Gasteiger partial charge in [0.05, 0.1) is 0 Å². The van der Waals surface area contributed by atoms with E-state index in [1.165, 1.54) is 0 Å². The molecule has 1 aromatic rings. The summed E-state index contributed by atoms with van der Waals surface area (Å²) in [6, 6.07) is 7.07. The highest BCUT2D eigenvalue weighted by Gasteiger charge is 2.06. The highest BCUT2D eigenvalue weighted by molar-refractivity contribution is 5.93. The second-order valence-electron chi connectivity index (χ2n) is 4.12. The summed E-state index contributed by atoms with van der Waals surface area (Å²) in [7, 11) is 0. The molecular weight excluding hydrogens is 216 g/mol. The third-order valence-corrected chi connectivity index (χ3v) is 2.28. The van der Waals surface area contributed by atoms with E-state index < -0.39 is 0 Å². The van der Waals surface area contributed by atoms with Gasteiger partial charge in [0.15, 0.2) is 0 Å². The van der Waals surface area contributed by atoms with E-state index in [4.69, 9.17) is 0 Å². The Morgan fingerprint density at radius 3 is 1.94 bits per heavy atom. The maximum absolute atomic E-state index is 11.4. The molecule has 1 aromatic carbocycles. The van der Waals surface area contributed by atoms with E-state index in [9.17, 15) is 9.59 Å². The first-order chi connectivity index (χ1) is 8.02. The van der Waals surface area contributed by atoms with Crippen LogP contribution in [0.25, 0.3) is 0 Å². The van der Waals surface area contributed by atoms with Crippen molar-refractivity contribution in [1.29, 1.82) is 0 Å². The Bertz CT molecular complexity index is 396. The highest BCUT2D eigenvalue weighted by Crippen LogP contribution is 2.14. The van der Waals surface area contributed by atoms with Gasteiger partial charge in [0, 0.05) is 23.7 Å². The fraction of sp³-hybridized carbons (Fsp3) is 0.385. The van der Waals surface area contributed by atoms with E-state index in [0.717, 1.165) is 11.4 Å². The zero-order valence-corrected chi connectivity index (χ0v) is 10.4. The van der Waals surface area contributed by atoms with Gasteiger partial charge in [-0.25, -0.2) is 0 Å². The van der Waals surface area contributed by atoms with Crippen LogP contribution < -0.4 is 10.6 Å². The minimum Gasteiger partial charge on any atom is -0.326 e. The molecule has 4 nitrogen and oxygen atoms in total. The predicted molar refractivity (Wildman–Crippen MR) is 68.8 cm³/mol. The smallest absolute Gasteiger partial charge is 0.226 e. The van der Waals surface area contributed by atoms with Gasteiger partial charge in [-0.1, -0.05) is 20.8 Å². The van der Waals surface area contributed by atoms with E-state index in [1.54, 1.807) is 31.2 Å². The zero-order valence-electron chi connectivity index (χ0n) is 10.4. The molecule has 92 valence electrons. The van der Waals surface area contributed by atoms with Gasteiger partial charge < -0.3 is 10.6 Å². The minimum atomic E-state index is -0.0468. The third kappa shape index (κ3) is 4.26. The molecule has 0 aliphatic carbocycles. The van der Waals surface area contributed by atoms with Crippen molar-refractivity contribution in [2.24, 2.45) is 5.92 Å². The predicted octanol–water partition coefficient (Wildman–Crippen LogP) is 2.63. The zero-order chi connectivity index (χ0) is 12.8. The maximum atomic E-state index is 11.4. The van der Waals surface area contributed by atoms with Crippen molar-refractivity contribution >= 4 is 23.2 Å². The van der Waals surface area contributed by atoms with Crippen molar-refractivity contribution in [2.75, 3.05) is 10.6 Å². The van der Waals surface area contributed by atoms with Crippen LogP contribution in [-0.2, 0) is 9.59 Å². The van der Waals surface area contributed by atoms with Gasteiger partial charge in [-0.15, -0.1) is 0 Å². The van der Waals surface area contributed by atoms with Gasteiger partial charge in [-0.3, -0.25) is 9.59 Å². The summed E-state index contributed by atoms with van der Waals surface area (Å²) in [6.45, 7) is 5.48. The Balaban J connectivity index is 2.62. The maximum Gasteiger partial charge on any atom is 0.226 e. The van der Waals surface area contributed by atoms with Crippen LogP contribution in [0.15, 0.2) is 24.3 Å². The average Bonchev–Trinajstić information content (AvgIpc) is 2.31. The second kappa shape index (κ2) is 6.03. The molecule has 0 unspecified atom stereocenters. The second-order valence-corrected chi connectivity index (χ2v) is 4.12.